The van der Waals surface area contributed by atoms with Gasteiger partial charge in [0.05, 0.1) is 15.6 Å². The summed E-state index contributed by atoms with van der Waals surface area (Å²) in [6.45, 7) is 4.28. The third-order valence-corrected chi connectivity index (χ3v) is 5.60. The topological polar surface area (TPSA) is 70.5 Å². The molecule has 0 N–H and O–H groups in total. The molecule has 0 saturated carbocycles. The zero-order valence-corrected chi connectivity index (χ0v) is 15.2. The number of thiazole rings is 2. The second kappa shape index (κ2) is 6.45. The van der Waals surface area contributed by atoms with Gasteiger partial charge in [-0.3, -0.25) is 0 Å². The molecule has 0 radical (unpaired) electrons. The molecule has 8 heteroatoms. The Bertz CT molecular complexity index is 948. The van der Waals surface area contributed by atoms with E-state index in [-0.39, 0.29) is 13.4 Å². The van der Waals surface area contributed by atoms with Crippen molar-refractivity contribution >= 4 is 28.6 Å². The van der Waals surface area contributed by atoms with Crippen molar-refractivity contribution in [1.29, 1.82) is 0 Å². The Morgan fingerprint density at radius 2 is 2.08 bits per heavy atom. The highest BCUT2D eigenvalue weighted by atomic mass is 32.1. The number of hydrogen-bond acceptors (Lipinski definition) is 8. The first-order valence-electron chi connectivity index (χ1n) is 7.56. The van der Waals surface area contributed by atoms with Gasteiger partial charge in [-0.15, -0.1) is 22.7 Å². The molecule has 1 aliphatic heterocycles. The van der Waals surface area contributed by atoms with Gasteiger partial charge in [-0.1, -0.05) is 0 Å². The third-order valence-electron chi connectivity index (χ3n) is 3.67. The molecule has 3 aromatic rings. The Hall–Kier alpha value is -2.45. The normalized spacial score (nSPS) is 12.4. The smallest absolute Gasteiger partial charge is 0.358 e. The molecule has 0 amide bonds. The average Bonchev–Trinajstić information content (AvgIpc) is 3.31. The molecule has 0 spiro atoms. The number of ether oxygens (including phenoxy) is 3. The minimum atomic E-state index is -0.436. The van der Waals surface area contributed by atoms with E-state index >= 15 is 0 Å². The van der Waals surface area contributed by atoms with Gasteiger partial charge in [-0.05, 0) is 32.0 Å². The fourth-order valence-electron chi connectivity index (χ4n) is 2.44. The van der Waals surface area contributed by atoms with E-state index in [0.717, 1.165) is 31.9 Å². The maximum atomic E-state index is 12.2. The summed E-state index contributed by atoms with van der Waals surface area (Å²) in [4.78, 5) is 21.9. The number of hydrogen-bond donors (Lipinski definition) is 0. The van der Waals surface area contributed by atoms with Crippen LogP contribution in [0.15, 0.2) is 23.6 Å². The molecule has 0 atom stereocenters. The Labute approximate surface area is 152 Å². The highest BCUT2D eigenvalue weighted by Gasteiger charge is 2.18. The van der Waals surface area contributed by atoms with E-state index < -0.39 is 5.97 Å². The number of carbonyl (C=O) groups excluding carboxylic acids is 1. The van der Waals surface area contributed by atoms with Gasteiger partial charge in [0.25, 0.3) is 0 Å². The van der Waals surface area contributed by atoms with Crippen LogP contribution >= 0.6 is 22.7 Å². The Kier molecular flexibility index (Phi) is 4.14. The molecule has 25 heavy (non-hydrogen) atoms. The lowest BCUT2D eigenvalue weighted by Crippen LogP contribution is -2.05. The van der Waals surface area contributed by atoms with Gasteiger partial charge in [0.1, 0.15) is 11.6 Å². The molecule has 0 aliphatic carbocycles. The number of benzene rings is 1. The molecular weight excluding hydrogens is 360 g/mol. The summed E-state index contributed by atoms with van der Waals surface area (Å²) in [6, 6.07) is 5.59. The molecule has 1 aliphatic rings. The zero-order chi connectivity index (χ0) is 17.4. The van der Waals surface area contributed by atoms with Crippen molar-refractivity contribution in [1.82, 2.24) is 9.97 Å². The van der Waals surface area contributed by atoms with Crippen LogP contribution in [0.4, 0.5) is 0 Å². The van der Waals surface area contributed by atoms with Crippen LogP contribution in [0.5, 0.6) is 11.5 Å². The van der Waals surface area contributed by atoms with Crippen LogP contribution in [0.2, 0.25) is 0 Å². The second-order valence-electron chi connectivity index (χ2n) is 5.42. The van der Waals surface area contributed by atoms with Crippen molar-refractivity contribution in [2.24, 2.45) is 0 Å². The molecule has 4 rings (SSSR count). The number of rotatable bonds is 4. The van der Waals surface area contributed by atoms with E-state index in [1.54, 1.807) is 5.38 Å². The van der Waals surface area contributed by atoms with Crippen LogP contribution in [0.25, 0.3) is 10.6 Å². The lowest BCUT2D eigenvalue weighted by atomic mass is 10.2. The van der Waals surface area contributed by atoms with E-state index in [1.165, 1.54) is 22.7 Å². The fraction of sp³-hybridized carbons (Fsp3) is 0.235. The third kappa shape index (κ3) is 3.22. The molecule has 6 nitrogen and oxygen atoms in total. The molecule has 0 saturated heterocycles. The van der Waals surface area contributed by atoms with E-state index in [0.29, 0.717) is 11.4 Å². The van der Waals surface area contributed by atoms with E-state index in [1.807, 2.05) is 32.0 Å². The SMILES string of the molecule is Cc1nc(C)c(COC(=O)c2csc(-c3ccc4c(c3)OCO4)n2)s1. The quantitative estimate of drug-likeness (QED) is 0.644. The Morgan fingerprint density at radius 1 is 1.24 bits per heavy atom. The van der Waals surface area contributed by atoms with Crippen LogP contribution in [-0.2, 0) is 11.3 Å². The molecular formula is C17H14N2O4S2. The number of fused-ring (bicyclic) bond motifs is 1. The summed E-state index contributed by atoms with van der Waals surface area (Å²) < 4.78 is 16.0. The highest BCUT2D eigenvalue weighted by Crippen LogP contribution is 2.36. The monoisotopic (exact) mass is 374 g/mol. The van der Waals surface area contributed by atoms with E-state index in [2.05, 4.69) is 9.97 Å². The predicted octanol–water partition coefficient (Wildman–Crippen LogP) is 3.97. The van der Waals surface area contributed by atoms with Crippen LogP contribution in [0, 0.1) is 13.8 Å². The number of carbonyl (C=O) groups is 1. The number of aromatic nitrogens is 2. The summed E-state index contributed by atoms with van der Waals surface area (Å²) in [6.07, 6.45) is 0. The van der Waals surface area contributed by atoms with Gasteiger partial charge in [0.2, 0.25) is 6.79 Å². The number of aryl methyl sites for hydroxylation is 2. The molecule has 2 aromatic heterocycles. The maximum Gasteiger partial charge on any atom is 0.358 e. The lowest BCUT2D eigenvalue weighted by Gasteiger charge is -2.01. The molecule has 0 unspecified atom stereocenters. The van der Waals surface area contributed by atoms with Gasteiger partial charge in [-0.2, -0.15) is 0 Å². The second-order valence-corrected chi connectivity index (χ2v) is 7.57. The van der Waals surface area contributed by atoms with Crippen molar-refractivity contribution < 1.29 is 19.0 Å². The maximum absolute atomic E-state index is 12.2. The van der Waals surface area contributed by atoms with Crippen LogP contribution < -0.4 is 9.47 Å². The van der Waals surface area contributed by atoms with Crippen molar-refractivity contribution in [3.8, 4) is 22.1 Å². The summed E-state index contributed by atoms with van der Waals surface area (Å²) in [5.41, 5.74) is 2.08. The number of nitrogens with zero attached hydrogens (tertiary/aromatic N) is 2. The fourth-order valence-corrected chi connectivity index (χ4v) is 4.08. The summed E-state index contributed by atoms with van der Waals surface area (Å²) in [5, 5.41) is 3.39. The van der Waals surface area contributed by atoms with E-state index in [4.69, 9.17) is 14.2 Å². The Morgan fingerprint density at radius 3 is 2.88 bits per heavy atom. The van der Waals surface area contributed by atoms with Crippen LogP contribution in [0.3, 0.4) is 0 Å². The number of esters is 1. The van der Waals surface area contributed by atoms with Gasteiger partial charge >= 0.3 is 5.97 Å². The van der Waals surface area contributed by atoms with Crippen molar-refractivity contribution in [2.75, 3.05) is 6.79 Å². The van der Waals surface area contributed by atoms with Crippen molar-refractivity contribution in [3.05, 3.63) is 44.9 Å². The minimum absolute atomic E-state index is 0.215. The molecule has 128 valence electrons. The van der Waals surface area contributed by atoms with Crippen LogP contribution in [-0.4, -0.2) is 22.7 Å². The first-order chi connectivity index (χ1) is 12.1. The first-order valence-corrected chi connectivity index (χ1v) is 9.25. The highest BCUT2D eigenvalue weighted by molar-refractivity contribution is 7.13. The summed E-state index contributed by atoms with van der Waals surface area (Å²) in [7, 11) is 0. The molecule has 0 fully saturated rings. The minimum Gasteiger partial charge on any atom is -0.455 e. The van der Waals surface area contributed by atoms with Gasteiger partial charge < -0.3 is 14.2 Å². The van der Waals surface area contributed by atoms with Gasteiger partial charge in [0.15, 0.2) is 17.2 Å². The summed E-state index contributed by atoms with van der Waals surface area (Å²) >= 11 is 2.92. The molecule has 3 heterocycles. The largest absolute Gasteiger partial charge is 0.455 e. The average molecular weight is 374 g/mol. The lowest BCUT2D eigenvalue weighted by molar-refractivity contribution is 0.0470. The zero-order valence-electron chi connectivity index (χ0n) is 13.6. The van der Waals surface area contributed by atoms with Crippen molar-refractivity contribution in [3.63, 3.8) is 0 Å². The molecule has 0 bridgehead atoms. The van der Waals surface area contributed by atoms with Crippen molar-refractivity contribution in [2.45, 2.75) is 20.5 Å². The molecule has 1 aromatic carbocycles. The summed E-state index contributed by atoms with van der Waals surface area (Å²) in [5.74, 6) is 0.969. The van der Waals surface area contributed by atoms with Gasteiger partial charge in [-0.25, -0.2) is 14.8 Å². The predicted molar refractivity (Wildman–Crippen MR) is 94.4 cm³/mol. The van der Waals surface area contributed by atoms with Crippen LogP contribution in [0.1, 0.15) is 26.1 Å². The van der Waals surface area contributed by atoms with E-state index in [9.17, 15) is 4.79 Å². The standard InChI is InChI=1S/C17H14N2O4S2/c1-9-15(25-10(2)18-9)6-21-17(20)12-7-24-16(19-12)11-3-4-13-14(5-11)23-8-22-13/h3-5,7H,6,8H2,1-2H3. The van der Waals surface area contributed by atoms with Gasteiger partial charge in [0, 0.05) is 10.9 Å². The first kappa shape index (κ1) is 16.0. The Balaban J connectivity index is 1.47.